The summed E-state index contributed by atoms with van der Waals surface area (Å²) < 4.78 is 1.22. The minimum Gasteiger partial charge on any atom is -0.345 e. The predicted molar refractivity (Wildman–Crippen MR) is 123 cm³/mol. The van der Waals surface area contributed by atoms with Gasteiger partial charge in [0.2, 0.25) is 0 Å². The normalized spacial score (nSPS) is 14.7. The van der Waals surface area contributed by atoms with E-state index in [2.05, 4.69) is 41.5 Å². The molecule has 29 heavy (non-hydrogen) atoms. The van der Waals surface area contributed by atoms with E-state index in [-0.39, 0.29) is 5.91 Å². The van der Waals surface area contributed by atoms with Crippen molar-refractivity contribution in [3.05, 3.63) is 66.2 Å². The number of nitrogens with zero attached hydrogens (tertiary/aromatic N) is 3. The van der Waals surface area contributed by atoms with E-state index in [0.29, 0.717) is 13.1 Å². The van der Waals surface area contributed by atoms with E-state index in [1.165, 1.54) is 9.60 Å². The fourth-order valence-corrected chi connectivity index (χ4v) is 5.41. The molecule has 1 amide bonds. The highest BCUT2D eigenvalue weighted by molar-refractivity contribution is 7.98. The Morgan fingerprint density at radius 3 is 2.62 bits per heavy atom. The molecule has 0 unspecified atom stereocenters. The molecule has 0 saturated carbocycles. The summed E-state index contributed by atoms with van der Waals surface area (Å²) >= 11 is 3.49. The number of rotatable bonds is 3. The summed E-state index contributed by atoms with van der Waals surface area (Å²) in [4.78, 5) is 23.5. The molecular weight excluding hydrogens is 398 g/mol. The van der Waals surface area contributed by atoms with Crippen LogP contribution in [0, 0.1) is 0 Å². The summed E-state index contributed by atoms with van der Waals surface area (Å²) in [6, 6.07) is 20.5. The molecule has 1 aromatic heterocycles. The van der Waals surface area contributed by atoms with Gasteiger partial charge in [0.15, 0.2) is 5.13 Å². The van der Waals surface area contributed by atoms with Crippen LogP contribution in [0.2, 0.25) is 0 Å². The van der Waals surface area contributed by atoms with Crippen molar-refractivity contribution in [2.45, 2.75) is 4.90 Å². The van der Waals surface area contributed by atoms with Crippen LogP contribution in [0.3, 0.4) is 0 Å². The van der Waals surface area contributed by atoms with Crippen molar-refractivity contribution in [2.24, 2.45) is 0 Å². The maximum Gasteiger partial charge on any atom is 0.254 e. The highest BCUT2D eigenvalue weighted by atomic mass is 32.2. The van der Waals surface area contributed by atoms with Crippen LogP contribution in [0.15, 0.2) is 65.6 Å². The average molecular weight is 420 g/mol. The topological polar surface area (TPSA) is 36.4 Å². The van der Waals surface area contributed by atoms with Gasteiger partial charge in [0.05, 0.1) is 10.2 Å². The van der Waals surface area contributed by atoms with Crippen LogP contribution in [0.4, 0.5) is 5.13 Å². The van der Waals surface area contributed by atoms with Crippen LogP contribution in [-0.4, -0.2) is 48.2 Å². The minimum absolute atomic E-state index is 0.121. The van der Waals surface area contributed by atoms with Gasteiger partial charge in [-0.05, 0) is 41.3 Å². The third-order valence-corrected chi connectivity index (χ3v) is 7.25. The third-order valence-electron chi connectivity index (χ3n) is 5.44. The lowest BCUT2D eigenvalue weighted by atomic mass is 10.0. The summed E-state index contributed by atoms with van der Waals surface area (Å²) in [5.41, 5.74) is 1.85. The van der Waals surface area contributed by atoms with Gasteiger partial charge in [-0.2, -0.15) is 0 Å². The molecule has 1 aliphatic rings. The van der Waals surface area contributed by atoms with Crippen molar-refractivity contribution in [3.63, 3.8) is 0 Å². The molecule has 0 bridgehead atoms. The lowest BCUT2D eigenvalue weighted by molar-refractivity contribution is 0.0749. The monoisotopic (exact) mass is 419 g/mol. The van der Waals surface area contributed by atoms with E-state index in [1.54, 1.807) is 23.1 Å². The summed E-state index contributed by atoms with van der Waals surface area (Å²) in [5.74, 6) is 0.121. The number of amides is 1. The van der Waals surface area contributed by atoms with E-state index < -0.39 is 0 Å². The first-order valence-corrected chi connectivity index (χ1v) is 11.7. The van der Waals surface area contributed by atoms with Gasteiger partial charge in [0, 0.05) is 36.6 Å². The second kappa shape index (κ2) is 7.69. The van der Waals surface area contributed by atoms with Crippen molar-refractivity contribution in [2.75, 3.05) is 37.3 Å². The maximum atomic E-state index is 13.2. The molecule has 4 aromatic rings. The van der Waals surface area contributed by atoms with Gasteiger partial charge in [-0.3, -0.25) is 4.79 Å². The van der Waals surface area contributed by atoms with Crippen LogP contribution in [0.5, 0.6) is 0 Å². The molecule has 0 spiro atoms. The summed E-state index contributed by atoms with van der Waals surface area (Å²) in [6.07, 6.45) is 2.09. The summed E-state index contributed by atoms with van der Waals surface area (Å²) in [6.45, 7) is 3.06. The van der Waals surface area contributed by atoms with Crippen LogP contribution in [0.1, 0.15) is 10.4 Å². The van der Waals surface area contributed by atoms with E-state index in [1.807, 2.05) is 35.2 Å². The van der Waals surface area contributed by atoms with Gasteiger partial charge in [-0.1, -0.05) is 47.7 Å². The van der Waals surface area contributed by atoms with Crippen molar-refractivity contribution in [1.29, 1.82) is 0 Å². The van der Waals surface area contributed by atoms with Crippen molar-refractivity contribution in [3.8, 4) is 0 Å². The molecule has 6 heteroatoms. The van der Waals surface area contributed by atoms with E-state index in [0.717, 1.165) is 40.1 Å². The van der Waals surface area contributed by atoms with Gasteiger partial charge in [-0.15, -0.1) is 11.8 Å². The Labute approximate surface area is 178 Å². The number of aromatic nitrogens is 1. The highest BCUT2D eigenvalue weighted by Crippen LogP contribution is 2.32. The molecule has 0 radical (unpaired) electrons. The minimum atomic E-state index is 0.121. The Bertz CT molecular complexity index is 1190. The Morgan fingerprint density at radius 1 is 1.00 bits per heavy atom. The molecular formula is C23H21N3OS2. The molecule has 146 valence electrons. The molecule has 2 heterocycles. The zero-order valence-corrected chi connectivity index (χ0v) is 17.8. The quantitative estimate of drug-likeness (QED) is 0.431. The number of carbonyl (C=O) groups excluding carboxylic acids is 1. The lowest BCUT2D eigenvalue weighted by Gasteiger charge is -2.34. The largest absolute Gasteiger partial charge is 0.345 e. The molecule has 0 N–H and O–H groups in total. The number of benzene rings is 3. The van der Waals surface area contributed by atoms with Crippen LogP contribution < -0.4 is 4.90 Å². The van der Waals surface area contributed by atoms with Gasteiger partial charge in [0.25, 0.3) is 5.91 Å². The fourth-order valence-electron chi connectivity index (χ4n) is 3.84. The average Bonchev–Trinajstić information content (AvgIpc) is 3.21. The van der Waals surface area contributed by atoms with E-state index >= 15 is 0 Å². The lowest BCUT2D eigenvalue weighted by Crippen LogP contribution is -2.48. The summed E-state index contributed by atoms with van der Waals surface area (Å²) in [7, 11) is 0. The molecule has 1 aliphatic heterocycles. The number of hydrogen-bond acceptors (Lipinski definition) is 5. The zero-order valence-electron chi connectivity index (χ0n) is 16.2. The molecule has 1 fully saturated rings. The van der Waals surface area contributed by atoms with Crippen LogP contribution in [0.25, 0.3) is 21.0 Å². The van der Waals surface area contributed by atoms with Crippen molar-refractivity contribution < 1.29 is 4.79 Å². The second-order valence-corrected chi connectivity index (χ2v) is 9.02. The first kappa shape index (κ1) is 18.5. The number of carbonyl (C=O) groups is 1. The number of anilines is 1. The fraction of sp³-hybridized carbons (Fsp3) is 0.217. The summed E-state index contributed by atoms with van der Waals surface area (Å²) in [5, 5.41) is 3.18. The van der Waals surface area contributed by atoms with E-state index in [9.17, 15) is 4.79 Å². The van der Waals surface area contributed by atoms with E-state index in [4.69, 9.17) is 4.98 Å². The molecule has 4 nitrogen and oxygen atoms in total. The number of thioether (sulfide) groups is 1. The van der Waals surface area contributed by atoms with Crippen LogP contribution >= 0.6 is 23.1 Å². The van der Waals surface area contributed by atoms with Gasteiger partial charge in [0.1, 0.15) is 0 Å². The second-order valence-electron chi connectivity index (χ2n) is 7.14. The standard InChI is InChI=1S/C23H21N3OS2/c1-28-17-9-10-20-21(15-17)29-23(24-20)26-13-11-25(12-14-26)22(27)19-8-4-6-16-5-2-3-7-18(16)19/h2-10,15H,11-14H2,1H3. The predicted octanol–water partition coefficient (Wildman–Crippen LogP) is 5.13. The van der Waals surface area contributed by atoms with Crippen molar-refractivity contribution in [1.82, 2.24) is 9.88 Å². The number of hydrogen-bond donors (Lipinski definition) is 0. The molecule has 0 aliphatic carbocycles. The Morgan fingerprint density at radius 2 is 1.79 bits per heavy atom. The Hall–Kier alpha value is -2.57. The number of fused-ring (bicyclic) bond motifs is 2. The van der Waals surface area contributed by atoms with Crippen LogP contribution in [-0.2, 0) is 0 Å². The first-order chi connectivity index (χ1) is 14.2. The number of piperazine rings is 1. The molecule has 3 aromatic carbocycles. The smallest absolute Gasteiger partial charge is 0.254 e. The molecule has 5 rings (SSSR count). The van der Waals surface area contributed by atoms with Gasteiger partial charge < -0.3 is 9.80 Å². The number of thiazole rings is 1. The maximum absolute atomic E-state index is 13.2. The Kier molecular flexibility index (Phi) is 4.89. The SMILES string of the molecule is CSc1ccc2nc(N3CCN(C(=O)c4cccc5ccccc45)CC3)sc2c1. The first-order valence-electron chi connectivity index (χ1n) is 9.69. The highest BCUT2D eigenvalue weighted by Gasteiger charge is 2.24. The zero-order chi connectivity index (χ0) is 19.8. The molecule has 1 saturated heterocycles. The third kappa shape index (κ3) is 3.47. The van der Waals surface area contributed by atoms with Gasteiger partial charge >= 0.3 is 0 Å². The van der Waals surface area contributed by atoms with Gasteiger partial charge in [-0.25, -0.2) is 4.98 Å². The van der Waals surface area contributed by atoms with Crippen molar-refractivity contribution >= 4 is 55.1 Å². The molecule has 0 atom stereocenters. The Balaban J connectivity index is 1.33.